The topological polar surface area (TPSA) is 51.6 Å². The van der Waals surface area contributed by atoms with Crippen molar-refractivity contribution < 1.29 is 0 Å². The van der Waals surface area contributed by atoms with Crippen LogP contribution in [0.4, 0.5) is 0 Å². The van der Waals surface area contributed by atoms with Crippen LogP contribution in [0.1, 0.15) is 0 Å². The normalized spacial score (nSPS) is 11.5. The van der Waals surface area contributed by atoms with Crippen molar-refractivity contribution >= 4 is 43.1 Å². The highest BCUT2D eigenvalue weighted by molar-refractivity contribution is 6.14. The van der Waals surface area contributed by atoms with E-state index in [0.717, 1.165) is 43.8 Å². The predicted molar refractivity (Wildman–Crippen MR) is 189 cm³/mol. The molecule has 0 amide bonds. The summed E-state index contributed by atoms with van der Waals surface area (Å²) in [6.07, 6.45) is 1.89. The first-order valence-electron chi connectivity index (χ1n) is 15.4. The molecule has 2 aromatic heterocycles. The van der Waals surface area contributed by atoms with Crippen molar-refractivity contribution in [2.45, 2.75) is 0 Å². The maximum atomic E-state index is 5.23. The molecule has 0 aliphatic rings. The van der Waals surface area contributed by atoms with E-state index < -0.39 is 0 Å². The Kier molecular flexibility index (Phi) is 6.10. The van der Waals surface area contributed by atoms with Gasteiger partial charge in [0.25, 0.3) is 0 Å². The van der Waals surface area contributed by atoms with E-state index >= 15 is 0 Å². The van der Waals surface area contributed by atoms with Gasteiger partial charge in [-0.3, -0.25) is 4.98 Å². The maximum absolute atomic E-state index is 5.23. The highest BCUT2D eigenvalue weighted by Gasteiger charge is 2.18. The van der Waals surface area contributed by atoms with E-state index in [-0.39, 0.29) is 0 Å². The SMILES string of the molecule is c1ccc(-c2ccc(-c3nc(-c4cc5ccccc5c5ccccc45)nc(-c4cc5ccccc5c5ccccc45)n3)nc2)cc1. The van der Waals surface area contributed by atoms with E-state index in [1.807, 2.05) is 30.5 Å². The van der Waals surface area contributed by atoms with E-state index in [1.165, 1.54) is 21.5 Å². The first kappa shape index (κ1) is 26.2. The lowest BCUT2D eigenvalue weighted by atomic mass is 9.96. The molecule has 0 saturated heterocycles. The Balaban J connectivity index is 1.32. The summed E-state index contributed by atoms with van der Waals surface area (Å²) in [5.74, 6) is 1.77. The standard InChI is InChI=1S/C42H26N4/c1-2-12-27(13-3-1)30-22-23-39(43-26-30)42-45-40(37-24-28-14-4-6-16-31(28)33-18-8-10-20-35(33)37)44-41(46-42)38-25-29-15-5-7-17-32(29)34-19-9-11-21-36(34)38/h1-26H. The second-order valence-electron chi connectivity index (χ2n) is 11.5. The molecular weight excluding hydrogens is 560 g/mol. The van der Waals surface area contributed by atoms with E-state index in [0.29, 0.717) is 23.2 Å². The Labute approximate surface area is 265 Å². The van der Waals surface area contributed by atoms with Gasteiger partial charge >= 0.3 is 0 Å². The van der Waals surface area contributed by atoms with Crippen molar-refractivity contribution in [1.82, 2.24) is 19.9 Å². The average molecular weight is 587 g/mol. The van der Waals surface area contributed by atoms with Gasteiger partial charge in [0.2, 0.25) is 0 Å². The Morgan fingerprint density at radius 1 is 0.326 bits per heavy atom. The van der Waals surface area contributed by atoms with Crippen LogP contribution in [0.3, 0.4) is 0 Å². The molecule has 9 aromatic rings. The third-order valence-electron chi connectivity index (χ3n) is 8.75. The molecule has 0 saturated carbocycles. The molecule has 4 nitrogen and oxygen atoms in total. The average Bonchev–Trinajstić information content (AvgIpc) is 3.14. The number of aromatic nitrogens is 4. The fraction of sp³-hybridized carbons (Fsp3) is 0. The molecule has 0 aliphatic carbocycles. The van der Waals surface area contributed by atoms with Gasteiger partial charge in [0, 0.05) is 22.9 Å². The second-order valence-corrected chi connectivity index (χ2v) is 11.5. The van der Waals surface area contributed by atoms with Crippen LogP contribution < -0.4 is 0 Å². The van der Waals surface area contributed by atoms with Gasteiger partial charge in [0.05, 0.1) is 0 Å². The Bertz CT molecular complexity index is 2440. The zero-order chi connectivity index (χ0) is 30.5. The van der Waals surface area contributed by atoms with Crippen LogP contribution in [0.25, 0.3) is 88.5 Å². The molecule has 0 fully saturated rings. The van der Waals surface area contributed by atoms with Gasteiger partial charge in [-0.05, 0) is 66.9 Å². The molecule has 9 rings (SSSR count). The summed E-state index contributed by atoms with van der Waals surface area (Å²) in [7, 11) is 0. The van der Waals surface area contributed by atoms with Crippen LogP contribution >= 0.6 is 0 Å². The quantitative estimate of drug-likeness (QED) is 0.193. The second kappa shape index (κ2) is 10.7. The summed E-state index contributed by atoms with van der Waals surface area (Å²) >= 11 is 0. The van der Waals surface area contributed by atoms with Gasteiger partial charge in [-0.1, -0.05) is 133 Å². The number of pyridine rings is 1. The van der Waals surface area contributed by atoms with Crippen LogP contribution in [0.5, 0.6) is 0 Å². The van der Waals surface area contributed by atoms with Crippen molar-refractivity contribution in [2.24, 2.45) is 0 Å². The molecule has 4 heteroatoms. The summed E-state index contributed by atoms with van der Waals surface area (Å²) in [5.41, 5.74) is 4.78. The van der Waals surface area contributed by atoms with Crippen molar-refractivity contribution in [1.29, 1.82) is 0 Å². The number of nitrogens with zero attached hydrogens (tertiary/aromatic N) is 4. The van der Waals surface area contributed by atoms with Gasteiger partial charge in [-0.25, -0.2) is 15.0 Å². The predicted octanol–water partition coefficient (Wildman–Crippen LogP) is 10.5. The number of rotatable bonds is 4. The smallest absolute Gasteiger partial charge is 0.182 e. The maximum Gasteiger partial charge on any atom is 0.182 e. The number of hydrogen-bond donors (Lipinski definition) is 0. The van der Waals surface area contributed by atoms with Crippen LogP contribution in [-0.4, -0.2) is 19.9 Å². The zero-order valence-electron chi connectivity index (χ0n) is 24.8. The Hall–Kier alpha value is -6.26. The molecule has 0 N–H and O–H groups in total. The largest absolute Gasteiger partial charge is 0.252 e. The molecule has 0 atom stereocenters. The Morgan fingerprint density at radius 2 is 0.783 bits per heavy atom. The van der Waals surface area contributed by atoms with Gasteiger partial charge in [-0.2, -0.15) is 0 Å². The van der Waals surface area contributed by atoms with Crippen LogP contribution in [0.15, 0.2) is 158 Å². The van der Waals surface area contributed by atoms with Crippen molar-refractivity contribution in [3.8, 4) is 45.4 Å². The minimum atomic E-state index is 0.536. The third kappa shape index (κ3) is 4.39. The lowest BCUT2D eigenvalue weighted by Crippen LogP contribution is -2.02. The number of benzene rings is 7. The minimum absolute atomic E-state index is 0.536. The fourth-order valence-electron chi connectivity index (χ4n) is 6.54. The summed E-state index contributed by atoms with van der Waals surface area (Å²) < 4.78 is 0. The Morgan fingerprint density at radius 3 is 1.30 bits per heavy atom. The molecule has 214 valence electrons. The first-order valence-corrected chi connectivity index (χ1v) is 15.4. The zero-order valence-corrected chi connectivity index (χ0v) is 24.8. The summed E-state index contributed by atoms with van der Waals surface area (Å²) in [4.78, 5) is 20.3. The lowest BCUT2D eigenvalue weighted by Gasteiger charge is -2.14. The summed E-state index contributed by atoms with van der Waals surface area (Å²) in [5, 5.41) is 9.22. The lowest BCUT2D eigenvalue weighted by molar-refractivity contribution is 1.06. The molecule has 7 aromatic carbocycles. The highest BCUT2D eigenvalue weighted by atomic mass is 15.0. The van der Waals surface area contributed by atoms with E-state index in [2.05, 4.69) is 127 Å². The van der Waals surface area contributed by atoms with Gasteiger partial charge < -0.3 is 0 Å². The molecule has 0 bridgehead atoms. The van der Waals surface area contributed by atoms with Crippen molar-refractivity contribution in [3.05, 3.63) is 158 Å². The van der Waals surface area contributed by atoms with Crippen molar-refractivity contribution in [2.75, 3.05) is 0 Å². The third-order valence-corrected chi connectivity index (χ3v) is 8.75. The van der Waals surface area contributed by atoms with E-state index in [1.54, 1.807) is 0 Å². The van der Waals surface area contributed by atoms with E-state index in [4.69, 9.17) is 19.9 Å². The molecular formula is C42H26N4. The molecule has 0 radical (unpaired) electrons. The van der Waals surface area contributed by atoms with Crippen molar-refractivity contribution in [3.63, 3.8) is 0 Å². The number of hydrogen-bond acceptors (Lipinski definition) is 4. The highest BCUT2D eigenvalue weighted by Crippen LogP contribution is 2.37. The van der Waals surface area contributed by atoms with Gasteiger partial charge in [0.1, 0.15) is 5.69 Å². The van der Waals surface area contributed by atoms with Crippen LogP contribution in [0.2, 0.25) is 0 Å². The fourth-order valence-corrected chi connectivity index (χ4v) is 6.54. The molecule has 0 spiro atoms. The van der Waals surface area contributed by atoms with E-state index in [9.17, 15) is 0 Å². The molecule has 0 aliphatic heterocycles. The van der Waals surface area contributed by atoms with Crippen LogP contribution in [-0.2, 0) is 0 Å². The molecule has 2 heterocycles. The molecule has 0 unspecified atom stereocenters. The minimum Gasteiger partial charge on any atom is -0.252 e. The molecule has 46 heavy (non-hydrogen) atoms. The number of fused-ring (bicyclic) bond motifs is 6. The van der Waals surface area contributed by atoms with Crippen LogP contribution in [0, 0.1) is 0 Å². The van der Waals surface area contributed by atoms with Gasteiger partial charge in [0.15, 0.2) is 17.5 Å². The monoisotopic (exact) mass is 586 g/mol. The summed E-state index contributed by atoms with van der Waals surface area (Å²) in [6.45, 7) is 0. The first-order chi connectivity index (χ1) is 22.8. The summed E-state index contributed by atoms with van der Waals surface area (Å²) in [6, 6.07) is 52.7. The van der Waals surface area contributed by atoms with Gasteiger partial charge in [-0.15, -0.1) is 0 Å².